The topological polar surface area (TPSA) is 52.3 Å². The molecule has 0 amide bonds. The summed E-state index contributed by atoms with van der Waals surface area (Å²) in [6.45, 7) is 2.28. The molecule has 2 N–H and O–H groups in total. The number of hydrogen-bond donors (Lipinski definition) is 1. The van der Waals surface area contributed by atoms with E-state index >= 15 is 0 Å². The largest absolute Gasteiger partial charge is 0.510 e. The van der Waals surface area contributed by atoms with Crippen LogP contribution in [0.25, 0.3) is 0 Å². The van der Waals surface area contributed by atoms with Crippen LogP contribution in [0.3, 0.4) is 0 Å². The number of halogens is 1. The van der Waals surface area contributed by atoms with E-state index in [4.69, 9.17) is 10.3 Å². The van der Waals surface area contributed by atoms with Crippen LogP contribution in [0.2, 0.25) is 0 Å². The lowest BCUT2D eigenvalue weighted by Crippen LogP contribution is -2.13. The van der Waals surface area contributed by atoms with E-state index in [-0.39, 0.29) is 6.04 Å². The Labute approximate surface area is 99.0 Å². The minimum atomic E-state index is -1.64. The van der Waals surface area contributed by atoms with Crippen LogP contribution in [0.5, 0.6) is 0 Å². The van der Waals surface area contributed by atoms with Crippen molar-refractivity contribution in [3.63, 3.8) is 0 Å². The predicted molar refractivity (Wildman–Crippen MR) is 65.2 cm³/mol. The molecule has 0 aliphatic rings. The Morgan fingerprint density at radius 3 is 2.60 bits per heavy atom. The van der Waals surface area contributed by atoms with Gasteiger partial charge < -0.3 is 5.73 Å². The van der Waals surface area contributed by atoms with Crippen molar-refractivity contribution in [2.24, 2.45) is 5.73 Å². The molecule has 1 aromatic rings. The van der Waals surface area contributed by atoms with Crippen LogP contribution in [-0.2, 0) is 9.09 Å². The summed E-state index contributed by atoms with van der Waals surface area (Å²) in [5.74, 6) is 0. The quantitative estimate of drug-likeness (QED) is 0.847. The lowest BCUT2D eigenvalue weighted by Gasteiger charge is -2.05. The lowest BCUT2D eigenvalue weighted by molar-refractivity contribution is 0.348. The van der Waals surface area contributed by atoms with Crippen molar-refractivity contribution < 1.29 is 9.09 Å². The summed E-state index contributed by atoms with van der Waals surface area (Å²) >= 11 is 3.35. The second-order valence-electron chi connectivity index (χ2n) is 3.09. The van der Waals surface area contributed by atoms with Crippen molar-refractivity contribution >= 4 is 24.0 Å². The summed E-state index contributed by atoms with van der Waals surface area (Å²) in [5.41, 5.74) is 6.87. The van der Waals surface area contributed by atoms with Crippen LogP contribution in [0.4, 0.5) is 0 Å². The Morgan fingerprint density at radius 1 is 1.47 bits per heavy atom. The molecule has 82 valence electrons. The molecule has 0 saturated carbocycles. The molecule has 3 nitrogen and oxygen atoms in total. The average molecular weight is 291 g/mol. The van der Waals surface area contributed by atoms with E-state index in [1.54, 1.807) is 0 Å². The third-order valence-electron chi connectivity index (χ3n) is 1.92. The highest BCUT2D eigenvalue weighted by Crippen LogP contribution is 2.28. The van der Waals surface area contributed by atoms with E-state index in [1.807, 2.05) is 31.2 Å². The van der Waals surface area contributed by atoms with Crippen LogP contribution in [-0.4, -0.2) is 12.8 Å². The molecule has 1 unspecified atom stereocenters. The van der Waals surface area contributed by atoms with E-state index in [0.29, 0.717) is 12.8 Å². The van der Waals surface area contributed by atoms with E-state index in [1.165, 1.54) is 0 Å². The molecular formula is C10H14BrNO2P+. The Kier molecular flexibility index (Phi) is 5.40. The fraction of sp³-hybridized carbons (Fsp3) is 0.400. The molecule has 0 aliphatic heterocycles. The fourth-order valence-electron chi connectivity index (χ4n) is 1.17. The summed E-state index contributed by atoms with van der Waals surface area (Å²) in [6, 6.07) is 7.45. The van der Waals surface area contributed by atoms with Crippen molar-refractivity contribution in [1.29, 1.82) is 0 Å². The van der Waals surface area contributed by atoms with E-state index in [0.717, 1.165) is 10.0 Å². The molecule has 2 atom stereocenters. The van der Waals surface area contributed by atoms with Gasteiger partial charge in [-0.15, -0.1) is 4.52 Å². The van der Waals surface area contributed by atoms with Gasteiger partial charge in [-0.25, -0.2) is 0 Å². The van der Waals surface area contributed by atoms with Crippen LogP contribution in [0.15, 0.2) is 28.7 Å². The standard InChI is InChI=1S/C10H14BrNO2P/c1-2-14-15(13)7-10(12)8-3-5-9(11)6-4-8/h3-6,10H,2,7,12H2,1H3/q+1/t10-/m0/s1. The van der Waals surface area contributed by atoms with Crippen LogP contribution in [0.1, 0.15) is 18.5 Å². The Morgan fingerprint density at radius 2 is 2.07 bits per heavy atom. The molecule has 0 bridgehead atoms. The summed E-state index contributed by atoms with van der Waals surface area (Å²) in [5, 5.41) is 0. The van der Waals surface area contributed by atoms with Gasteiger partial charge in [-0.05, 0) is 29.2 Å². The number of rotatable bonds is 5. The molecular weight excluding hydrogens is 277 g/mol. The maximum Gasteiger partial charge on any atom is 0.510 e. The van der Waals surface area contributed by atoms with Crippen molar-refractivity contribution in [2.45, 2.75) is 13.0 Å². The van der Waals surface area contributed by atoms with E-state index in [2.05, 4.69) is 15.9 Å². The summed E-state index contributed by atoms with van der Waals surface area (Å²) in [7, 11) is -1.64. The van der Waals surface area contributed by atoms with Crippen LogP contribution >= 0.6 is 24.0 Å². The second-order valence-corrected chi connectivity index (χ2v) is 5.30. The molecule has 1 rings (SSSR count). The smallest absolute Gasteiger partial charge is 0.320 e. The molecule has 0 aromatic heterocycles. The zero-order valence-electron chi connectivity index (χ0n) is 8.52. The third kappa shape index (κ3) is 4.39. The highest BCUT2D eigenvalue weighted by molar-refractivity contribution is 9.10. The fourth-order valence-corrected chi connectivity index (χ4v) is 2.36. The Balaban J connectivity index is 2.57. The highest BCUT2D eigenvalue weighted by atomic mass is 79.9. The predicted octanol–water partition coefficient (Wildman–Crippen LogP) is 3.23. The molecule has 15 heavy (non-hydrogen) atoms. The van der Waals surface area contributed by atoms with Crippen molar-refractivity contribution in [3.05, 3.63) is 34.3 Å². The normalized spacial score (nSPS) is 13.7. The Bertz CT molecular complexity index is 329. The highest BCUT2D eigenvalue weighted by Gasteiger charge is 2.22. The van der Waals surface area contributed by atoms with E-state index in [9.17, 15) is 4.57 Å². The monoisotopic (exact) mass is 290 g/mol. The van der Waals surface area contributed by atoms with Crippen LogP contribution in [0, 0.1) is 0 Å². The SMILES string of the molecule is CCO[P+](=O)C[C@H](N)c1ccc(Br)cc1. The summed E-state index contributed by atoms with van der Waals surface area (Å²) in [6.07, 6.45) is 0.366. The van der Waals surface area contributed by atoms with Gasteiger partial charge in [0.05, 0.1) is 12.6 Å². The second kappa shape index (κ2) is 6.33. The van der Waals surface area contributed by atoms with Crippen molar-refractivity contribution in [2.75, 3.05) is 12.8 Å². The van der Waals surface area contributed by atoms with Gasteiger partial charge in [0.15, 0.2) is 6.16 Å². The molecule has 0 saturated heterocycles. The van der Waals surface area contributed by atoms with Crippen molar-refractivity contribution in [3.8, 4) is 0 Å². The van der Waals surface area contributed by atoms with Crippen LogP contribution < -0.4 is 5.73 Å². The maximum atomic E-state index is 11.3. The number of benzene rings is 1. The Hall–Kier alpha value is -0.280. The van der Waals surface area contributed by atoms with Gasteiger partial charge in [0.1, 0.15) is 0 Å². The summed E-state index contributed by atoms with van der Waals surface area (Å²) < 4.78 is 17.3. The van der Waals surface area contributed by atoms with Gasteiger partial charge >= 0.3 is 8.03 Å². The molecule has 0 radical (unpaired) electrons. The first kappa shape index (κ1) is 12.8. The summed E-state index contributed by atoms with van der Waals surface area (Å²) in [4.78, 5) is 0. The van der Waals surface area contributed by atoms with E-state index < -0.39 is 8.03 Å². The minimum absolute atomic E-state index is 0.228. The first-order chi connectivity index (χ1) is 7.13. The average Bonchev–Trinajstić information content (AvgIpc) is 2.18. The number of hydrogen-bond acceptors (Lipinski definition) is 3. The minimum Gasteiger partial charge on any atom is -0.320 e. The number of nitrogens with two attached hydrogens (primary N) is 1. The first-order valence-corrected chi connectivity index (χ1v) is 6.87. The van der Waals surface area contributed by atoms with Gasteiger partial charge in [-0.1, -0.05) is 28.1 Å². The van der Waals surface area contributed by atoms with Gasteiger partial charge in [0.2, 0.25) is 0 Å². The third-order valence-corrected chi connectivity index (χ3v) is 3.68. The lowest BCUT2D eigenvalue weighted by atomic mass is 10.1. The molecule has 0 aliphatic carbocycles. The zero-order chi connectivity index (χ0) is 11.3. The van der Waals surface area contributed by atoms with Gasteiger partial charge in [-0.3, -0.25) is 0 Å². The van der Waals surface area contributed by atoms with Gasteiger partial charge in [-0.2, -0.15) is 0 Å². The maximum absolute atomic E-state index is 11.3. The zero-order valence-corrected chi connectivity index (χ0v) is 11.0. The molecule has 5 heteroatoms. The van der Waals surface area contributed by atoms with Gasteiger partial charge in [0.25, 0.3) is 0 Å². The molecule has 1 aromatic carbocycles. The van der Waals surface area contributed by atoms with Gasteiger partial charge in [0, 0.05) is 4.47 Å². The molecule has 0 spiro atoms. The van der Waals surface area contributed by atoms with Crippen molar-refractivity contribution in [1.82, 2.24) is 0 Å². The first-order valence-electron chi connectivity index (χ1n) is 4.72. The molecule has 0 heterocycles. The molecule has 0 fully saturated rings.